The molecule has 21 heavy (non-hydrogen) atoms. The number of aryl methyl sites for hydroxylation is 1. The Morgan fingerprint density at radius 3 is 2.43 bits per heavy atom. The number of aromatic hydroxyl groups is 1. The Bertz CT molecular complexity index is 630. The Kier molecular flexibility index (Phi) is 4.63. The van der Waals surface area contributed by atoms with Crippen LogP contribution >= 0.6 is 0 Å². The number of hydrogen-bond acceptors (Lipinski definition) is 3. The van der Waals surface area contributed by atoms with Crippen LogP contribution in [0.4, 0.5) is 0 Å². The minimum atomic E-state index is -0.489. The summed E-state index contributed by atoms with van der Waals surface area (Å²) in [6.07, 6.45) is 0. The van der Waals surface area contributed by atoms with Gasteiger partial charge in [-0.15, -0.1) is 0 Å². The van der Waals surface area contributed by atoms with Crippen LogP contribution in [0, 0.1) is 6.92 Å². The van der Waals surface area contributed by atoms with Crippen LogP contribution in [0.5, 0.6) is 5.75 Å². The van der Waals surface area contributed by atoms with Crippen molar-refractivity contribution < 1.29 is 14.6 Å². The van der Waals surface area contributed by atoms with E-state index in [1.807, 2.05) is 56.3 Å². The topological polar surface area (TPSA) is 46.5 Å². The van der Waals surface area contributed by atoms with Crippen molar-refractivity contribution in [3.63, 3.8) is 0 Å². The lowest BCUT2D eigenvalue weighted by Gasteiger charge is -2.14. The average Bonchev–Trinajstić information content (AvgIpc) is 2.46. The van der Waals surface area contributed by atoms with Crippen molar-refractivity contribution in [1.29, 1.82) is 0 Å². The van der Waals surface area contributed by atoms with Crippen LogP contribution < -0.4 is 0 Å². The van der Waals surface area contributed by atoms with E-state index in [1.54, 1.807) is 6.92 Å². The van der Waals surface area contributed by atoms with Gasteiger partial charge in [0, 0.05) is 0 Å². The zero-order chi connectivity index (χ0) is 15.4. The lowest BCUT2D eigenvalue weighted by Crippen LogP contribution is -2.09. The fourth-order valence-corrected chi connectivity index (χ4v) is 2.23. The third-order valence-corrected chi connectivity index (χ3v) is 3.46. The predicted molar refractivity (Wildman–Crippen MR) is 82.5 cm³/mol. The van der Waals surface area contributed by atoms with Crippen LogP contribution in [-0.2, 0) is 11.3 Å². The Labute approximate surface area is 125 Å². The second kappa shape index (κ2) is 6.44. The van der Waals surface area contributed by atoms with E-state index in [0.29, 0.717) is 0 Å². The minimum absolute atomic E-state index is 0.0306. The number of rotatable bonds is 4. The third kappa shape index (κ3) is 3.43. The molecule has 0 saturated carbocycles. The molecular formula is C18H20O3. The van der Waals surface area contributed by atoms with Gasteiger partial charge in [0.05, 0.1) is 0 Å². The Balaban J connectivity index is 2.21. The SMILES string of the molecule is Cc1ccc(C(C)C)c(O)c1C(=O)OCc1ccccc1. The molecule has 0 fully saturated rings. The fraction of sp³-hybridized carbons (Fsp3) is 0.278. The summed E-state index contributed by atoms with van der Waals surface area (Å²) in [5, 5.41) is 10.3. The van der Waals surface area contributed by atoms with Crippen LogP contribution in [0.15, 0.2) is 42.5 Å². The number of ether oxygens (including phenoxy) is 1. The van der Waals surface area contributed by atoms with Crippen molar-refractivity contribution in [2.75, 3.05) is 0 Å². The summed E-state index contributed by atoms with van der Waals surface area (Å²) in [6, 6.07) is 13.2. The molecule has 2 aromatic rings. The quantitative estimate of drug-likeness (QED) is 0.857. The van der Waals surface area contributed by atoms with Gasteiger partial charge in [-0.3, -0.25) is 0 Å². The molecule has 0 atom stereocenters. The summed E-state index contributed by atoms with van der Waals surface area (Å²) in [4.78, 5) is 12.3. The van der Waals surface area contributed by atoms with Gasteiger partial charge in [0.15, 0.2) is 0 Å². The highest BCUT2D eigenvalue weighted by Crippen LogP contribution is 2.31. The normalized spacial score (nSPS) is 10.7. The first-order chi connectivity index (χ1) is 10.0. The molecule has 3 heteroatoms. The number of phenols is 1. The van der Waals surface area contributed by atoms with E-state index in [1.165, 1.54) is 0 Å². The lowest BCUT2D eigenvalue weighted by atomic mass is 9.96. The van der Waals surface area contributed by atoms with E-state index >= 15 is 0 Å². The second-order valence-corrected chi connectivity index (χ2v) is 5.41. The van der Waals surface area contributed by atoms with Crippen molar-refractivity contribution in [3.05, 3.63) is 64.7 Å². The summed E-state index contributed by atoms with van der Waals surface area (Å²) in [5.74, 6) is -0.314. The van der Waals surface area contributed by atoms with Crippen LogP contribution in [0.25, 0.3) is 0 Å². The Morgan fingerprint density at radius 1 is 1.14 bits per heavy atom. The van der Waals surface area contributed by atoms with Gasteiger partial charge in [-0.05, 0) is 29.5 Å². The van der Waals surface area contributed by atoms with E-state index in [-0.39, 0.29) is 23.8 Å². The smallest absolute Gasteiger partial charge is 0.342 e. The van der Waals surface area contributed by atoms with Crippen LogP contribution in [-0.4, -0.2) is 11.1 Å². The van der Waals surface area contributed by atoms with E-state index in [9.17, 15) is 9.90 Å². The molecule has 0 radical (unpaired) electrons. The molecule has 0 aliphatic rings. The van der Waals surface area contributed by atoms with Gasteiger partial charge in [-0.1, -0.05) is 56.3 Å². The van der Waals surface area contributed by atoms with Crippen molar-refractivity contribution in [2.45, 2.75) is 33.3 Å². The highest BCUT2D eigenvalue weighted by atomic mass is 16.5. The van der Waals surface area contributed by atoms with Crippen LogP contribution in [0.2, 0.25) is 0 Å². The van der Waals surface area contributed by atoms with Crippen molar-refractivity contribution >= 4 is 5.97 Å². The molecule has 1 N–H and O–H groups in total. The number of phenolic OH excluding ortho intramolecular Hbond substituents is 1. The van der Waals surface area contributed by atoms with Crippen molar-refractivity contribution in [2.24, 2.45) is 0 Å². The molecule has 0 aromatic heterocycles. The maximum Gasteiger partial charge on any atom is 0.342 e. The molecular weight excluding hydrogens is 264 g/mol. The van der Waals surface area contributed by atoms with Gasteiger partial charge in [0.2, 0.25) is 0 Å². The van der Waals surface area contributed by atoms with Gasteiger partial charge >= 0.3 is 5.97 Å². The fourth-order valence-electron chi connectivity index (χ4n) is 2.23. The molecule has 0 aliphatic carbocycles. The minimum Gasteiger partial charge on any atom is -0.507 e. The highest BCUT2D eigenvalue weighted by Gasteiger charge is 2.20. The summed E-state index contributed by atoms with van der Waals surface area (Å²) in [5.41, 5.74) is 2.65. The summed E-state index contributed by atoms with van der Waals surface area (Å²) in [7, 11) is 0. The first-order valence-corrected chi connectivity index (χ1v) is 7.04. The predicted octanol–water partition coefficient (Wildman–Crippen LogP) is 4.18. The zero-order valence-corrected chi connectivity index (χ0v) is 12.6. The van der Waals surface area contributed by atoms with Gasteiger partial charge < -0.3 is 9.84 Å². The standard InChI is InChI=1S/C18H20O3/c1-12(2)15-10-9-13(3)16(17(15)19)18(20)21-11-14-7-5-4-6-8-14/h4-10,12,19H,11H2,1-3H3. The van der Waals surface area contributed by atoms with E-state index in [0.717, 1.165) is 16.7 Å². The highest BCUT2D eigenvalue weighted by molar-refractivity contribution is 5.94. The molecule has 3 nitrogen and oxygen atoms in total. The summed E-state index contributed by atoms with van der Waals surface area (Å²) in [6.45, 7) is 5.94. The molecule has 0 amide bonds. The van der Waals surface area contributed by atoms with E-state index < -0.39 is 5.97 Å². The molecule has 0 spiro atoms. The second-order valence-electron chi connectivity index (χ2n) is 5.41. The van der Waals surface area contributed by atoms with Crippen molar-refractivity contribution in [3.8, 4) is 5.75 Å². The van der Waals surface area contributed by atoms with Crippen LogP contribution in [0.3, 0.4) is 0 Å². The Hall–Kier alpha value is -2.29. The van der Waals surface area contributed by atoms with Gasteiger partial charge in [0.1, 0.15) is 17.9 Å². The summed E-state index contributed by atoms with van der Waals surface area (Å²) < 4.78 is 5.31. The molecule has 0 aliphatic heterocycles. The maximum absolute atomic E-state index is 12.3. The largest absolute Gasteiger partial charge is 0.507 e. The molecule has 0 saturated heterocycles. The van der Waals surface area contributed by atoms with Gasteiger partial charge in [-0.25, -0.2) is 4.79 Å². The molecule has 110 valence electrons. The van der Waals surface area contributed by atoms with E-state index in [4.69, 9.17) is 4.74 Å². The first kappa shape index (κ1) is 15.1. The third-order valence-electron chi connectivity index (χ3n) is 3.46. The van der Waals surface area contributed by atoms with Gasteiger partial charge in [-0.2, -0.15) is 0 Å². The number of carbonyl (C=O) groups excluding carboxylic acids is 1. The first-order valence-electron chi connectivity index (χ1n) is 7.04. The summed E-state index contributed by atoms with van der Waals surface area (Å²) >= 11 is 0. The number of benzene rings is 2. The molecule has 2 aromatic carbocycles. The lowest BCUT2D eigenvalue weighted by molar-refractivity contribution is 0.0468. The van der Waals surface area contributed by atoms with Crippen LogP contribution in [0.1, 0.15) is 46.8 Å². The number of carbonyl (C=O) groups is 1. The molecule has 0 bridgehead atoms. The maximum atomic E-state index is 12.3. The Morgan fingerprint density at radius 2 is 1.81 bits per heavy atom. The number of esters is 1. The molecule has 2 rings (SSSR count). The van der Waals surface area contributed by atoms with Gasteiger partial charge in [0.25, 0.3) is 0 Å². The zero-order valence-electron chi connectivity index (χ0n) is 12.6. The van der Waals surface area contributed by atoms with Crippen molar-refractivity contribution in [1.82, 2.24) is 0 Å². The number of hydrogen-bond donors (Lipinski definition) is 1. The molecule has 0 heterocycles. The average molecular weight is 284 g/mol. The van der Waals surface area contributed by atoms with E-state index in [2.05, 4.69) is 0 Å². The molecule has 0 unspecified atom stereocenters. The monoisotopic (exact) mass is 284 g/mol.